The largest absolute Gasteiger partial charge is 0.394 e. The summed E-state index contributed by atoms with van der Waals surface area (Å²) in [6.45, 7) is 2.86. The highest BCUT2D eigenvalue weighted by molar-refractivity contribution is 5.76. The maximum absolute atomic E-state index is 13.4. The Labute approximate surface area is 589 Å². The van der Waals surface area contributed by atoms with E-state index < -0.39 is 86.8 Å². The summed E-state index contributed by atoms with van der Waals surface area (Å²) in [7, 11) is 0. The van der Waals surface area contributed by atoms with Gasteiger partial charge in [0.05, 0.1) is 32.0 Å². The zero-order valence-corrected chi connectivity index (χ0v) is 62.1. The van der Waals surface area contributed by atoms with Crippen LogP contribution in [0.1, 0.15) is 386 Å². The molecule has 14 heteroatoms. The molecule has 0 radical (unpaired) electrons. The Bertz CT molecular complexity index is 1750. The third kappa shape index (κ3) is 48.9. The Morgan fingerprint density at radius 2 is 0.688 bits per heavy atom. The molecule has 14 nitrogen and oxygen atoms in total. The maximum Gasteiger partial charge on any atom is 0.220 e. The van der Waals surface area contributed by atoms with Crippen LogP contribution in [0.5, 0.6) is 0 Å². The van der Waals surface area contributed by atoms with Crippen LogP contribution in [0.3, 0.4) is 0 Å². The summed E-state index contributed by atoms with van der Waals surface area (Å²) < 4.78 is 22.9. The number of allylic oxidation sites excluding steroid dienone is 5. The Balaban J connectivity index is 1.58. The second-order valence-corrected chi connectivity index (χ2v) is 29.3. The standard InChI is InChI=1S/C82H155NO13/c1-3-5-7-9-11-13-15-17-19-21-23-25-27-29-30-31-32-33-34-35-36-37-38-39-40-42-44-46-48-50-52-54-56-58-60-62-64-66-74(87)83-70(69-93-81-79(92)77(90)80(73(68-85)95-81)96-82-78(91)76(89)75(88)72(67-84)94-82)71(86)65-63-61-59-57-55-53-51-49-47-45-43-41-28-26-24-22-20-18-16-14-12-10-8-6-4-2/h15,17,21,23,63,65,70-73,75-82,84-86,88-92H,3-14,16,18-20,22,24-62,64,66-69H2,1-2H3,(H,83,87)/b17-15-,23-21-,65-63+. The van der Waals surface area contributed by atoms with Gasteiger partial charge in [-0.25, -0.2) is 0 Å². The van der Waals surface area contributed by atoms with E-state index in [-0.39, 0.29) is 18.9 Å². The lowest BCUT2D eigenvalue weighted by Crippen LogP contribution is -2.65. The molecule has 0 bridgehead atoms. The summed E-state index contributed by atoms with van der Waals surface area (Å²) in [5.74, 6) is -0.230. The van der Waals surface area contributed by atoms with Gasteiger partial charge in [0.2, 0.25) is 5.91 Å². The van der Waals surface area contributed by atoms with E-state index in [4.69, 9.17) is 18.9 Å². The van der Waals surface area contributed by atoms with Crippen LogP contribution in [0.25, 0.3) is 0 Å². The molecule has 0 spiro atoms. The van der Waals surface area contributed by atoms with Gasteiger partial charge in [-0.2, -0.15) is 0 Å². The van der Waals surface area contributed by atoms with Gasteiger partial charge < -0.3 is 65.1 Å². The highest BCUT2D eigenvalue weighted by Crippen LogP contribution is 2.30. The van der Waals surface area contributed by atoms with Crippen LogP contribution >= 0.6 is 0 Å². The number of aliphatic hydroxyl groups is 8. The summed E-state index contributed by atoms with van der Waals surface area (Å²) in [6, 6.07) is -0.914. The molecule has 0 saturated carbocycles. The van der Waals surface area contributed by atoms with E-state index in [1.54, 1.807) is 6.08 Å². The number of aliphatic hydroxyl groups excluding tert-OH is 8. The fourth-order valence-electron chi connectivity index (χ4n) is 13.8. The number of rotatable bonds is 70. The van der Waals surface area contributed by atoms with E-state index in [1.807, 2.05) is 6.08 Å². The van der Waals surface area contributed by atoms with Crippen LogP contribution in [0, 0.1) is 0 Å². The van der Waals surface area contributed by atoms with Gasteiger partial charge in [0.1, 0.15) is 48.8 Å². The van der Waals surface area contributed by atoms with Crippen LogP contribution < -0.4 is 5.32 Å². The first-order chi connectivity index (χ1) is 47.1. The van der Waals surface area contributed by atoms with Crippen molar-refractivity contribution in [2.75, 3.05) is 19.8 Å². The Morgan fingerprint density at radius 3 is 1.04 bits per heavy atom. The van der Waals surface area contributed by atoms with E-state index in [9.17, 15) is 45.6 Å². The molecule has 1 amide bonds. The molecule has 2 heterocycles. The molecule has 2 saturated heterocycles. The number of hydrogen-bond acceptors (Lipinski definition) is 13. The van der Waals surface area contributed by atoms with Gasteiger partial charge in [-0.3, -0.25) is 4.79 Å². The van der Waals surface area contributed by atoms with Crippen molar-refractivity contribution in [3.63, 3.8) is 0 Å². The molecule has 2 rings (SSSR count). The van der Waals surface area contributed by atoms with Gasteiger partial charge in [0.25, 0.3) is 0 Å². The molecular formula is C82H155NO13. The van der Waals surface area contributed by atoms with Crippen LogP contribution in [-0.2, 0) is 23.7 Å². The molecule has 2 aliphatic rings. The van der Waals surface area contributed by atoms with E-state index in [2.05, 4.69) is 43.5 Å². The number of carbonyl (C=O) groups is 1. The maximum atomic E-state index is 13.4. The summed E-state index contributed by atoms with van der Waals surface area (Å²) in [5.41, 5.74) is 0. The third-order valence-corrected chi connectivity index (χ3v) is 20.3. The van der Waals surface area contributed by atoms with Gasteiger partial charge in [-0.15, -0.1) is 0 Å². The van der Waals surface area contributed by atoms with E-state index in [0.29, 0.717) is 6.42 Å². The number of carbonyl (C=O) groups excluding carboxylic acids is 1. The fraction of sp³-hybridized carbons (Fsp3) is 0.915. The summed E-state index contributed by atoms with van der Waals surface area (Å²) in [6.07, 6.45) is 70.9. The molecule has 12 atom stereocenters. The predicted molar refractivity (Wildman–Crippen MR) is 397 cm³/mol. The van der Waals surface area contributed by atoms with E-state index in [1.165, 1.54) is 315 Å². The van der Waals surface area contributed by atoms with Crippen LogP contribution in [0.4, 0.5) is 0 Å². The minimum Gasteiger partial charge on any atom is -0.394 e. The molecule has 0 aromatic rings. The van der Waals surface area contributed by atoms with Crippen LogP contribution in [0.15, 0.2) is 36.5 Å². The second-order valence-electron chi connectivity index (χ2n) is 29.3. The first-order valence-corrected chi connectivity index (χ1v) is 41.2. The molecule has 0 aromatic carbocycles. The Kier molecular flexibility index (Phi) is 62.5. The SMILES string of the molecule is CCCCCCC/C=C\C/C=C\CCCCCCCCCCCCCCCCCCCCCCCCCCCC(=O)NC(COC1OC(CO)C(OC2OC(CO)C(O)C(O)C2O)C(O)C1O)C(O)/C=C/CCCCCCCCCCCCCCCCCCCCCCCCC. The molecule has 566 valence electrons. The van der Waals surface area contributed by atoms with Crippen molar-refractivity contribution in [1.29, 1.82) is 0 Å². The number of hydrogen-bond donors (Lipinski definition) is 9. The van der Waals surface area contributed by atoms with Crippen molar-refractivity contribution < 1.29 is 64.6 Å². The smallest absolute Gasteiger partial charge is 0.220 e. The lowest BCUT2D eigenvalue weighted by Gasteiger charge is -2.46. The quantitative estimate of drug-likeness (QED) is 0.0204. The number of amides is 1. The number of nitrogens with one attached hydrogen (secondary N) is 1. The highest BCUT2D eigenvalue weighted by atomic mass is 16.7. The molecule has 2 aliphatic heterocycles. The molecule has 96 heavy (non-hydrogen) atoms. The van der Waals surface area contributed by atoms with Crippen molar-refractivity contribution in [2.45, 2.75) is 460 Å². The van der Waals surface area contributed by atoms with Gasteiger partial charge in [0, 0.05) is 6.42 Å². The number of unbranched alkanes of at least 4 members (excludes halogenated alkanes) is 53. The van der Waals surface area contributed by atoms with Crippen molar-refractivity contribution >= 4 is 5.91 Å². The van der Waals surface area contributed by atoms with Crippen molar-refractivity contribution in [3.05, 3.63) is 36.5 Å². The average molecular weight is 1360 g/mol. The molecule has 9 N–H and O–H groups in total. The van der Waals surface area contributed by atoms with E-state index in [0.717, 1.165) is 44.9 Å². The van der Waals surface area contributed by atoms with Crippen molar-refractivity contribution in [2.24, 2.45) is 0 Å². The first-order valence-electron chi connectivity index (χ1n) is 41.2. The minimum atomic E-state index is -1.79. The lowest BCUT2D eigenvalue weighted by atomic mass is 9.97. The molecule has 0 aliphatic carbocycles. The van der Waals surface area contributed by atoms with Gasteiger partial charge in [0.15, 0.2) is 12.6 Å². The third-order valence-electron chi connectivity index (χ3n) is 20.3. The molecule has 0 aromatic heterocycles. The van der Waals surface area contributed by atoms with Crippen LogP contribution in [-0.4, -0.2) is 140 Å². The molecule has 2 fully saturated rings. The van der Waals surface area contributed by atoms with E-state index >= 15 is 0 Å². The highest BCUT2D eigenvalue weighted by Gasteiger charge is 2.51. The second kappa shape index (κ2) is 66.4. The van der Waals surface area contributed by atoms with Gasteiger partial charge >= 0.3 is 0 Å². The fourth-order valence-corrected chi connectivity index (χ4v) is 13.8. The van der Waals surface area contributed by atoms with Gasteiger partial charge in [-0.05, 0) is 51.4 Å². The minimum absolute atomic E-state index is 0.230. The summed E-state index contributed by atoms with van der Waals surface area (Å²) in [4.78, 5) is 13.4. The summed E-state index contributed by atoms with van der Waals surface area (Å²) >= 11 is 0. The van der Waals surface area contributed by atoms with Gasteiger partial charge in [-0.1, -0.05) is 365 Å². The van der Waals surface area contributed by atoms with Crippen molar-refractivity contribution in [3.8, 4) is 0 Å². The predicted octanol–water partition coefficient (Wildman–Crippen LogP) is 18.8. The monoisotopic (exact) mass is 1360 g/mol. The Morgan fingerprint density at radius 1 is 0.375 bits per heavy atom. The van der Waals surface area contributed by atoms with Crippen LogP contribution in [0.2, 0.25) is 0 Å². The topological polar surface area (TPSA) is 228 Å². The normalized spacial score (nSPS) is 22.4. The Hall–Kier alpha value is -1.79. The first kappa shape index (κ1) is 90.3. The molecular weight excluding hydrogens is 1210 g/mol. The zero-order valence-electron chi connectivity index (χ0n) is 62.1. The zero-order chi connectivity index (χ0) is 69.4. The average Bonchev–Trinajstić information content (AvgIpc) is 0.857. The molecule has 12 unspecified atom stereocenters. The number of ether oxygens (including phenoxy) is 4. The summed E-state index contributed by atoms with van der Waals surface area (Å²) in [5, 5.41) is 87.7. The lowest BCUT2D eigenvalue weighted by molar-refractivity contribution is -0.359. The van der Waals surface area contributed by atoms with Crippen molar-refractivity contribution in [1.82, 2.24) is 5.32 Å².